The van der Waals surface area contributed by atoms with Crippen molar-refractivity contribution in [1.29, 1.82) is 0 Å². The second-order valence-electron chi connectivity index (χ2n) is 3.78. The van der Waals surface area contributed by atoms with E-state index in [2.05, 4.69) is 26.1 Å². The summed E-state index contributed by atoms with van der Waals surface area (Å²) in [5, 5.41) is 6.48. The maximum Gasteiger partial charge on any atom is 0.407 e. The Morgan fingerprint density at radius 2 is 1.63 bits per heavy atom. The van der Waals surface area contributed by atoms with Crippen LogP contribution in [0.15, 0.2) is 0 Å². The van der Waals surface area contributed by atoms with Crippen LogP contribution in [0.2, 0.25) is 0 Å². The first-order chi connectivity index (χ1) is 8.62. The molecule has 0 bridgehead atoms. The van der Waals surface area contributed by atoms with Crippen molar-refractivity contribution in [2.75, 3.05) is 0 Å². The number of nitrogens with zero attached hydrogens (tertiary/aromatic N) is 3. The van der Waals surface area contributed by atoms with E-state index in [4.69, 9.17) is 0 Å². The molecule has 0 unspecified atom stereocenters. The van der Waals surface area contributed by atoms with E-state index in [9.17, 15) is 26.3 Å². The normalized spacial score (nSPS) is 13.3. The molecule has 0 saturated heterocycles. The molecule has 0 aliphatic heterocycles. The fraction of sp³-hybridized carbons (Fsp3) is 0.778. The molecule has 1 aromatic heterocycles. The number of halogens is 7. The molecule has 1 aromatic rings. The summed E-state index contributed by atoms with van der Waals surface area (Å²) in [6.45, 7) is 1.63. The number of hydrogen-bond donors (Lipinski definition) is 0. The van der Waals surface area contributed by atoms with Gasteiger partial charge in [-0.2, -0.15) is 26.3 Å². The third kappa shape index (κ3) is 3.61. The summed E-state index contributed by atoms with van der Waals surface area (Å²) in [6.07, 6.45) is -10.5. The van der Waals surface area contributed by atoms with E-state index in [0.717, 1.165) is 4.57 Å². The van der Waals surface area contributed by atoms with E-state index < -0.39 is 24.1 Å². The SMILES string of the molecule is CCCn1c(CBr)nnc1C(C(F)(F)F)C(F)(F)F. The third-order valence-corrected chi connectivity index (χ3v) is 2.84. The Morgan fingerprint density at radius 3 is 2.00 bits per heavy atom. The van der Waals surface area contributed by atoms with Gasteiger partial charge in [0.15, 0.2) is 5.82 Å². The second-order valence-corrected chi connectivity index (χ2v) is 4.34. The molecular weight excluding hydrogens is 344 g/mol. The van der Waals surface area contributed by atoms with E-state index in [-0.39, 0.29) is 17.7 Å². The predicted octanol–water partition coefficient (Wildman–Crippen LogP) is 3.79. The number of alkyl halides is 7. The van der Waals surface area contributed by atoms with Gasteiger partial charge in [0.05, 0.1) is 5.33 Å². The average molecular weight is 354 g/mol. The topological polar surface area (TPSA) is 30.7 Å². The first kappa shape index (κ1) is 16.3. The van der Waals surface area contributed by atoms with Gasteiger partial charge in [0.2, 0.25) is 5.92 Å². The lowest BCUT2D eigenvalue weighted by Crippen LogP contribution is -2.36. The maximum absolute atomic E-state index is 12.6. The highest BCUT2D eigenvalue weighted by Gasteiger charge is 2.60. The smallest absolute Gasteiger partial charge is 0.313 e. The number of aromatic nitrogens is 3. The van der Waals surface area contributed by atoms with Crippen molar-refractivity contribution < 1.29 is 26.3 Å². The molecule has 0 saturated carbocycles. The molecule has 0 amide bonds. The van der Waals surface area contributed by atoms with Crippen LogP contribution in [0.25, 0.3) is 0 Å². The fourth-order valence-electron chi connectivity index (χ4n) is 1.61. The minimum atomic E-state index is -5.46. The van der Waals surface area contributed by atoms with Gasteiger partial charge in [-0.3, -0.25) is 0 Å². The minimum absolute atomic E-state index is 0.00801. The minimum Gasteiger partial charge on any atom is -0.313 e. The van der Waals surface area contributed by atoms with Crippen LogP contribution in [0, 0.1) is 0 Å². The van der Waals surface area contributed by atoms with E-state index in [1.165, 1.54) is 0 Å². The molecule has 0 atom stereocenters. The summed E-state index contributed by atoms with van der Waals surface area (Å²) in [5.74, 6) is -4.70. The Balaban J connectivity index is 3.35. The summed E-state index contributed by atoms with van der Waals surface area (Å²) >= 11 is 2.96. The van der Waals surface area contributed by atoms with E-state index in [0.29, 0.717) is 6.42 Å². The van der Waals surface area contributed by atoms with Crippen LogP contribution >= 0.6 is 15.9 Å². The van der Waals surface area contributed by atoms with Crippen molar-refractivity contribution in [1.82, 2.24) is 14.8 Å². The van der Waals surface area contributed by atoms with Crippen LogP contribution in [0.1, 0.15) is 30.9 Å². The highest BCUT2D eigenvalue weighted by Crippen LogP contribution is 2.45. The molecule has 0 aromatic carbocycles. The summed E-state index contributed by atoms with van der Waals surface area (Å²) in [4.78, 5) is 0. The lowest BCUT2D eigenvalue weighted by Gasteiger charge is -2.22. The third-order valence-electron chi connectivity index (χ3n) is 2.34. The maximum atomic E-state index is 12.6. The van der Waals surface area contributed by atoms with E-state index in [1.54, 1.807) is 6.92 Å². The average Bonchev–Trinajstić information content (AvgIpc) is 2.58. The van der Waals surface area contributed by atoms with Gasteiger partial charge in [0, 0.05) is 6.54 Å². The van der Waals surface area contributed by atoms with Gasteiger partial charge in [0.25, 0.3) is 0 Å². The lowest BCUT2D eigenvalue weighted by atomic mass is 10.1. The Bertz CT molecular complexity index is 411. The molecule has 1 rings (SSSR count). The van der Waals surface area contributed by atoms with Gasteiger partial charge < -0.3 is 4.57 Å². The molecule has 110 valence electrons. The van der Waals surface area contributed by atoms with Crippen LogP contribution < -0.4 is 0 Å². The summed E-state index contributed by atoms with van der Waals surface area (Å²) in [7, 11) is 0. The van der Waals surface area contributed by atoms with Gasteiger partial charge in [-0.05, 0) is 6.42 Å². The number of rotatable bonds is 4. The van der Waals surface area contributed by atoms with Gasteiger partial charge in [-0.1, -0.05) is 22.9 Å². The fourth-order valence-corrected chi connectivity index (χ4v) is 2.02. The Hall–Kier alpha value is -0.800. The van der Waals surface area contributed by atoms with Crippen molar-refractivity contribution >= 4 is 15.9 Å². The summed E-state index contributed by atoms with van der Waals surface area (Å²) < 4.78 is 76.6. The largest absolute Gasteiger partial charge is 0.407 e. The van der Waals surface area contributed by atoms with Crippen molar-refractivity contribution in [3.63, 3.8) is 0 Å². The molecule has 10 heteroatoms. The Labute approximate surface area is 113 Å². The Kier molecular flexibility index (Phi) is 4.86. The standard InChI is InChI=1S/C9H10BrF6N3/c1-2-3-19-5(4-10)17-18-7(19)6(8(11,12)13)9(14,15)16/h6H,2-4H2,1H3. The van der Waals surface area contributed by atoms with Gasteiger partial charge >= 0.3 is 12.4 Å². The van der Waals surface area contributed by atoms with Gasteiger partial charge in [-0.15, -0.1) is 10.2 Å². The molecule has 19 heavy (non-hydrogen) atoms. The molecule has 0 N–H and O–H groups in total. The zero-order chi connectivity index (χ0) is 14.8. The van der Waals surface area contributed by atoms with Crippen LogP contribution in [0.5, 0.6) is 0 Å². The summed E-state index contributed by atoms with van der Waals surface area (Å²) in [5.41, 5.74) is 0. The van der Waals surface area contributed by atoms with Crippen LogP contribution in [0.4, 0.5) is 26.3 Å². The van der Waals surface area contributed by atoms with E-state index in [1.807, 2.05) is 0 Å². The number of hydrogen-bond acceptors (Lipinski definition) is 2. The van der Waals surface area contributed by atoms with E-state index >= 15 is 0 Å². The van der Waals surface area contributed by atoms with Gasteiger partial charge in [0.1, 0.15) is 5.82 Å². The summed E-state index contributed by atoms with van der Waals surface area (Å²) in [6, 6.07) is 0. The quantitative estimate of drug-likeness (QED) is 0.609. The highest BCUT2D eigenvalue weighted by atomic mass is 79.9. The lowest BCUT2D eigenvalue weighted by molar-refractivity contribution is -0.256. The van der Waals surface area contributed by atoms with Crippen LogP contribution in [-0.2, 0) is 11.9 Å². The molecule has 3 nitrogen and oxygen atoms in total. The predicted molar refractivity (Wildman–Crippen MR) is 57.8 cm³/mol. The van der Waals surface area contributed by atoms with Crippen molar-refractivity contribution in [2.45, 2.75) is 43.5 Å². The van der Waals surface area contributed by atoms with Crippen LogP contribution in [-0.4, -0.2) is 27.1 Å². The molecule has 0 fully saturated rings. The zero-order valence-electron chi connectivity index (χ0n) is 9.69. The first-order valence-corrected chi connectivity index (χ1v) is 6.36. The first-order valence-electron chi connectivity index (χ1n) is 5.24. The van der Waals surface area contributed by atoms with Gasteiger partial charge in [-0.25, -0.2) is 0 Å². The molecule has 0 radical (unpaired) electrons. The monoisotopic (exact) mass is 353 g/mol. The van der Waals surface area contributed by atoms with Crippen LogP contribution in [0.3, 0.4) is 0 Å². The molecular formula is C9H10BrF6N3. The zero-order valence-corrected chi connectivity index (χ0v) is 11.3. The molecule has 0 spiro atoms. The molecule has 0 aliphatic carbocycles. The second kappa shape index (κ2) is 5.68. The van der Waals surface area contributed by atoms with Crippen molar-refractivity contribution in [3.05, 3.63) is 11.6 Å². The molecule has 0 aliphatic rings. The Morgan fingerprint density at radius 1 is 1.11 bits per heavy atom. The van der Waals surface area contributed by atoms with Crippen molar-refractivity contribution in [2.24, 2.45) is 0 Å². The molecule has 1 heterocycles. The highest BCUT2D eigenvalue weighted by molar-refractivity contribution is 9.08. The van der Waals surface area contributed by atoms with Crippen molar-refractivity contribution in [3.8, 4) is 0 Å².